The number of amides is 1. The zero-order valence-corrected chi connectivity index (χ0v) is 12.4. The van der Waals surface area contributed by atoms with Crippen molar-refractivity contribution in [2.75, 3.05) is 11.9 Å². The van der Waals surface area contributed by atoms with Crippen molar-refractivity contribution < 1.29 is 4.79 Å². The van der Waals surface area contributed by atoms with E-state index in [2.05, 4.69) is 15.6 Å². The van der Waals surface area contributed by atoms with Gasteiger partial charge in [0.05, 0.1) is 15.2 Å². The molecule has 1 aromatic carbocycles. The van der Waals surface area contributed by atoms with Crippen LogP contribution in [0.3, 0.4) is 0 Å². The Hall–Kier alpha value is -1.33. The van der Waals surface area contributed by atoms with Crippen LogP contribution in [0.4, 0.5) is 5.13 Å². The number of rotatable bonds is 5. The Morgan fingerprint density at radius 3 is 2.95 bits per heavy atom. The molecule has 102 valence electrons. The third kappa shape index (κ3) is 3.81. The lowest BCUT2D eigenvalue weighted by Gasteiger charge is -2.08. The zero-order chi connectivity index (χ0) is 13.8. The van der Waals surface area contributed by atoms with Gasteiger partial charge in [0.1, 0.15) is 0 Å². The van der Waals surface area contributed by atoms with Crippen LogP contribution in [-0.2, 0) is 4.79 Å². The van der Waals surface area contributed by atoms with E-state index < -0.39 is 0 Å². The van der Waals surface area contributed by atoms with Crippen molar-refractivity contribution in [3.8, 4) is 0 Å². The molecule has 0 spiro atoms. The van der Waals surface area contributed by atoms with Crippen molar-refractivity contribution in [1.82, 2.24) is 10.3 Å². The summed E-state index contributed by atoms with van der Waals surface area (Å²) in [5.41, 5.74) is 0.881. The summed E-state index contributed by atoms with van der Waals surface area (Å²) in [5, 5.41) is 7.50. The number of carbonyl (C=O) groups is 1. The molecule has 0 aliphatic carbocycles. The first-order valence-corrected chi connectivity index (χ1v) is 7.34. The largest absolute Gasteiger partial charge is 0.361 e. The molecule has 0 unspecified atom stereocenters. The number of anilines is 1. The molecule has 0 saturated heterocycles. The molecular weight excluding hydrogens is 282 g/mol. The fraction of sp³-hybridized carbons (Fsp3) is 0.385. The van der Waals surface area contributed by atoms with Gasteiger partial charge in [-0.25, -0.2) is 4.98 Å². The normalized spacial score (nSPS) is 10.9. The van der Waals surface area contributed by atoms with E-state index >= 15 is 0 Å². The van der Waals surface area contributed by atoms with Crippen LogP contribution in [0.2, 0.25) is 5.02 Å². The average molecular weight is 298 g/mol. The lowest BCUT2D eigenvalue weighted by molar-refractivity contribution is -0.121. The van der Waals surface area contributed by atoms with Crippen LogP contribution in [0.5, 0.6) is 0 Å². The minimum atomic E-state index is 0.0432. The molecular formula is C13H16ClN3OS. The smallest absolute Gasteiger partial charge is 0.221 e. The molecule has 1 amide bonds. The molecule has 0 fully saturated rings. The first kappa shape index (κ1) is 14.1. The summed E-state index contributed by atoms with van der Waals surface area (Å²) >= 11 is 7.59. The van der Waals surface area contributed by atoms with Crippen molar-refractivity contribution >= 4 is 44.2 Å². The molecule has 0 aliphatic rings. The third-order valence-electron chi connectivity index (χ3n) is 2.44. The number of halogens is 1. The summed E-state index contributed by atoms with van der Waals surface area (Å²) in [5.74, 6) is 0.0432. The topological polar surface area (TPSA) is 54.0 Å². The summed E-state index contributed by atoms with van der Waals surface area (Å²) in [6.07, 6.45) is 0.432. The van der Waals surface area contributed by atoms with Crippen LogP contribution in [0.15, 0.2) is 18.2 Å². The van der Waals surface area contributed by atoms with Crippen LogP contribution in [0.1, 0.15) is 20.3 Å². The molecule has 0 aliphatic heterocycles. The minimum Gasteiger partial charge on any atom is -0.361 e. The molecule has 6 heteroatoms. The quantitative estimate of drug-likeness (QED) is 0.890. The first-order valence-electron chi connectivity index (χ1n) is 6.14. The Balaban J connectivity index is 1.92. The fourth-order valence-electron chi connectivity index (χ4n) is 1.67. The van der Waals surface area contributed by atoms with Gasteiger partial charge in [-0.1, -0.05) is 29.0 Å². The standard InChI is InChI=1S/C13H16ClN3OS/c1-8(2)16-11(18)6-7-15-13-17-10-5-3-4-9(14)12(10)19-13/h3-5,8H,6-7H2,1-2H3,(H,15,17)(H,16,18). The Kier molecular flexibility index (Phi) is 4.61. The molecule has 0 saturated carbocycles. The molecule has 19 heavy (non-hydrogen) atoms. The number of carbonyl (C=O) groups excluding carboxylic acids is 1. The summed E-state index contributed by atoms with van der Waals surface area (Å²) in [6.45, 7) is 4.46. The first-order chi connectivity index (χ1) is 9.06. The number of hydrogen-bond acceptors (Lipinski definition) is 4. The van der Waals surface area contributed by atoms with E-state index in [9.17, 15) is 4.79 Å². The lowest BCUT2D eigenvalue weighted by atomic mass is 10.3. The molecule has 2 N–H and O–H groups in total. The Morgan fingerprint density at radius 2 is 2.26 bits per heavy atom. The number of thiazole rings is 1. The van der Waals surface area contributed by atoms with E-state index in [1.807, 2.05) is 32.0 Å². The highest BCUT2D eigenvalue weighted by molar-refractivity contribution is 7.22. The Bertz CT molecular complexity index is 582. The zero-order valence-electron chi connectivity index (χ0n) is 10.9. The molecule has 2 aromatic rings. The predicted octanol–water partition coefficient (Wildman–Crippen LogP) is 3.28. The highest BCUT2D eigenvalue weighted by Gasteiger charge is 2.07. The minimum absolute atomic E-state index is 0.0432. The van der Waals surface area contributed by atoms with Gasteiger partial charge >= 0.3 is 0 Å². The molecule has 0 radical (unpaired) electrons. The van der Waals surface area contributed by atoms with E-state index in [-0.39, 0.29) is 11.9 Å². The van der Waals surface area contributed by atoms with Gasteiger partial charge in [0, 0.05) is 19.0 Å². The van der Waals surface area contributed by atoms with Gasteiger partial charge in [-0.15, -0.1) is 0 Å². The molecule has 0 atom stereocenters. The number of aromatic nitrogens is 1. The van der Waals surface area contributed by atoms with Gasteiger partial charge in [-0.05, 0) is 26.0 Å². The number of benzene rings is 1. The number of nitrogens with one attached hydrogen (secondary N) is 2. The van der Waals surface area contributed by atoms with E-state index in [4.69, 9.17) is 11.6 Å². The highest BCUT2D eigenvalue weighted by Crippen LogP contribution is 2.31. The van der Waals surface area contributed by atoms with Crippen molar-refractivity contribution in [3.63, 3.8) is 0 Å². The average Bonchev–Trinajstić information content (AvgIpc) is 2.72. The van der Waals surface area contributed by atoms with Crippen molar-refractivity contribution in [3.05, 3.63) is 23.2 Å². The fourth-order valence-corrected chi connectivity index (χ4v) is 2.85. The van der Waals surface area contributed by atoms with Crippen LogP contribution >= 0.6 is 22.9 Å². The van der Waals surface area contributed by atoms with Gasteiger partial charge < -0.3 is 10.6 Å². The number of hydrogen-bond donors (Lipinski definition) is 2. The van der Waals surface area contributed by atoms with Crippen molar-refractivity contribution in [2.45, 2.75) is 26.3 Å². The van der Waals surface area contributed by atoms with Crippen LogP contribution in [0, 0.1) is 0 Å². The maximum absolute atomic E-state index is 11.5. The second-order valence-electron chi connectivity index (χ2n) is 4.51. The molecule has 1 aromatic heterocycles. The van der Waals surface area contributed by atoms with E-state index in [1.165, 1.54) is 11.3 Å². The van der Waals surface area contributed by atoms with Gasteiger partial charge in [-0.2, -0.15) is 0 Å². The molecule has 4 nitrogen and oxygen atoms in total. The monoisotopic (exact) mass is 297 g/mol. The van der Waals surface area contributed by atoms with E-state index in [0.717, 1.165) is 15.3 Å². The van der Waals surface area contributed by atoms with Crippen LogP contribution in [-0.4, -0.2) is 23.5 Å². The van der Waals surface area contributed by atoms with Crippen LogP contribution < -0.4 is 10.6 Å². The number of fused-ring (bicyclic) bond motifs is 1. The molecule has 1 heterocycles. The molecule has 0 bridgehead atoms. The van der Waals surface area contributed by atoms with Gasteiger partial charge in [0.2, 0.25) is 5.91 Å². The van der Waals surface area contributed by atoms with Gasteiger partial charge in [-0.3, -0.25) is 4.79 Å². The summed E-state index contributed by atoms with van der Waals surface area (Å²) in [7, 11) is 0. The van der Waals surface area contributed by atoms with Crippen molar-refractivity contribution in [1.29, 1.82) is 0 Å². The predicted molar refractivity (Wildman–Crippen MR) is 81.0 cm³/mol. The summed E-state index contributed by atoms with van der Waals surface area (Å²) < 4.78 is 0.971. The third-order valence-corrected chi connectivity index (χ3v) is 3.93. The van der Waals surface area contributed by atoms with Crippen molar-refractivity contribution in [2.24, 2.45) is 0 Å². The summed E-state index contributed by atoms with van der Waals surface area (Å²) in [4.78, 5) is 15.9. The van der Waals surface area contributed by atoms with Gasteiger partial charge in [0.15, 0.2) is 5.13 Å². The molecule has 2 rings (SSSR count). The second kappa shape index (κ2) is 6.21. The van der Waals surface area contributed by atoms with E-state index in [0.29, 0.717) is 18.0 Å². The highest BCUT2D eigenvalue weighted by atomic mass is 35.5. The lowest BCUT2D eigenvalue weighted by Crippen LogP contribution is -2.31. The Labute approximate surface area is 121 Å². The van der Waals surface area contributed by atoms with E-state index in [1.54, 1.807) is 0 Å². The maximum atomic E-state index is 11.5. The summed E-state index contributed by atoms with van der Waals surface area (Å²) in [6, 6.07) is 5.83. The second-order valence-corrected chi connectivity index (χ2v) is 5.91. The SMILES string of the molecule is CC(C)NC(=O)CCNc1nc2cccc(Cl)c2s1. The number of nitrogens with zero attached hydrogens (tertiary/aromatic N) is 1. The van der Waals surface area contributed by atoms with Crippen LogP contribution in [0.25, 0.3) is 10.2 Å². The maximum Gasteiger partial charge on any atom is 0.221 e. The van der Waals surface area contributed by atoms with Gasteiger partial charge in [0.25, 0.3) is 0 Å². The Morgan fingerprint density at radius 1 is 1.47 bits per heavy atom.